The van der Waals surface area contributed by atoms with Crippen LogP contribution in [0.1, 0.15) is 27.2 Å². The number of nitrogens with one attached hydrogen (secondary N) is 1. The van der Waals surface area contributed by atoms with Crippen molar-refractivity contribution in [1.82, 2.24) is 9.78 Å². The van der Waals surface area contributed by atoms with Crippen molar-refractivity contribution < 1.29 is 13.2 Å². The molecule has 1 aromatic heterocycles. The monoisotopic (exact) mass is 249 g/mol. The van der Waals surface area contributed by atoms with Crippen LogP contribution in [0.3, 0.4) is 0 Å². The van der Waals surface area contributed by atoms with Crippen molar-refractivity contribution >= 4 is 5.69 Å². The summed E-state index contributed by atoms with van der Waals surface area (Å²) in [4.78, 5) is 0. The molecular formula is C11H18F3N3. The van der Waals surface area contributed by atoms with Gasteiger partial charge in [0.2, 0.25) is 0 Å². The van der Waals surface area contributed by atoms with Gasteiger partial charge in [-0.3, -0.25) is 4.68 Å². The van der Waals surface area contributed by atoms with Crippen molar-refractivity contribution in [2.75, 3.05) is 5.32 Å². The lowest BCUT2D eigenvalue weighted by Gasteiger charge is -2.19. The van der Waals surface area contributed by atoms with E-state index in [0.29, 0.717) is 11.6 Å². The minimum absolute atomic E-state index is 0.212. The van der Waals surface area contributed by atoms with Gasteiger partial charge in [0.1, 0.15) is 6.54 Å². The Morgan fingerprint density at radius 2 is 2.06 bits per heavy atom. The molecule has 1 heterocycles. The Morgan fingerprint density at radius 1 is 1.41 bits per heavy atom. The van der Waals surface area contributed by atoms with E-state index in [1.165, 1.54) is 12.4 Å². The van der Waals surface area contributed by atoms with Gasteiger partial charge in [0, 0.05) is 12.2 Å². The molecule has 98 valence electrons. The van der Waals surface area contributed by atoms with Crippen LogP contribution in [0.4, 0.5) is 18.9 Å². The summed E-state index contributed by atoms with van der Waals surface area (Å²) < 4.78 is 37.2. The molecule has 0 fully saturated rings. The molecule has 0 bridgehead atoms. The molecule has 0 unspecified atom stereocenters. The summed E-state index contributed by atoms with van der Waals surface area (Å²) in [6.45, 7) is 5.13. The summed E-state index contributed by atoms with van der Waals surface area (Å²) in [5.74, 6) is 0.459. The highest BCUT2D eigenvalue weighted by Gasteiger charge is 2.28. The van der Waals surface area contributed by atoms with Gasteiger partial charge in [0.25, 0.3) is 0 Å². The molecular weight excluding hydrogens is 231 g/mol. The SMILES string of the molecule is CC[C@@H](C)[C@@H](C)Nc1cnn(CC(F)(F)F)c1. The summed E-state index contributed by atoms with van der Waals surface area (Å²) >= 11 is 0. The normalized spacial score (nSPS) is 15.6. The molecule has 2 atom stereocenters. The summed E-state index contributed by atoms with van der Waals surface area (Å²) in [6.07, 6.45) is -0.409. The molecule has 6 heteroatoms. The largest absolute Gasteiger partial charge is 0.408 e. The number of rotatable bonds is 5. The first-order chi connectivity index (χ1) is 7.81. The van der Waals surface area contributed by atoms with Crippen LogP contribution in [0.15, 0.2) is 12.4 Å². The molecule has 0 amide bonds. The van der Waals surface area contributed by atoms with E-state index in [1.54, 1.807) is 0 Å². The molecule has 1 N–H and O–H groups in total. The van der Waals surface area contributed by atoms with Gasteiger partial charge in [-0.2, -0.15) is 18.3 Å². The lowest BCUT2D eigenvalue weighted by molar-refractivity contribution is -0.142. The second-order valence-electron chi connectivity index (χ2n) is 4.36. The maximum absolute atomic E-state index is 12.1. The molecule has 0 radical (unpaired) electrons. The molecule has 0 aromatic carbocycles. The van der Waals surface area contributed by atoms with E-state index < -0.39 is 12.7 Å². The first-order valence-electron chi connectivity index (χ1n) is 5.67. The maximum atomic E-state index is 12.1. The lowest BCUT2D eigenvalue weighted by Crippen LogP contribution is -2.23. The first-order valence-corrected chi connectivity index (χ1v) is 5.67. The smallest absolute Gasteiger partial charge is 0.380 e. The third-order valence-corrected chi connectivity index (χ3v) is 2.87. The van der Waals surface area contributed by atoms with Crippen molar-refractivity contribution in [3.63, 3.8) is 0 Å². The highest BCUT2D eigenvalue weighted by Crippen LogP contribution is 2.19. The Kier molecular flexibility index (Phi) is 4.42. The fraction of sp³-hybridized carbons (Fsp3) is 0.727. The third kappa shape index (κ3) is 4.66. The van der Waals surface area contributed by atoms with E-state index in [-0.39, 0.29) is 6.04 Å². The summed E-state index contributed by atoms with van der Waals surface area (Å²) in [7, 11) is 0. The van der Waals surface area contributed by atoms with Crippen molar-refractivity contribution in [2.24, 2.45) is 5.92 Å². The Balaban J connectivity index is 2.57. The Morgan fingerprint density at radius 3 is 2.59 bits per heavy atom. The predicted octanol–water partition coefficient (Wildman–Crippen LogP) is 3.29. The summed E-state index contributed by atoms with van der Waals surface area (Å²) in [5.41, 5.74) is 0.627. The van der Waals surface area contributed by atoms with Gasteiger partial charge in [-0.05, 0) is 12.8 Å². The quantitative estimate of drug-likeness (QED) is 0.867. The third-order valence-electron chi connectivity index (χ3n) is 2.87. The zero-order chi connectivity index (χ0) is 13.1. The van der Waals surface area contributed by atoms with Crippen molar-refractivity contribution in [2.45, 2.75) is 46.0 Å². The van der Waals surface area contributed by atoms with Crippen LogP contribution in [0.2, 0.25) is 0 Å². The number of nitrogens with zero attached hydrogens (tertiary/aromatic N) is 2. The maximum Gasteiger partial charge on any atom is 0.408 e. The van der Waals surface area contributed by atoms with Gasteiger partial charge in [0.05, 0.1) is 11.9 Å². The van der Waals surface area contributed by atoms with Crippen LogP contribution in [0.5, 0.6) is 0 Å². The van der Waals surface area contributed by atoms with Crippen LogP contribution >= 0.6 is 0 Å². The van der Waals surface area contributed by atoms with Gasteiger partial charge in [0.15, 0.2) is 0 Å². The average Bonchev–Trinajstić information content (AvgIpc) is 2.61. The molecule has 0 spiro atoms. The van der Waals surface area contributed by atoms with Crippen molar-refractivity contribution in [3.05, 3.63) is 12.4 Å². The Bertz CT molecular complexity index is 346. The Labute approximate surface area is 99.0 Å². The predicted molar refractivity (Wildman–Crippen MR) is 60.8 cm³/mol. The molecule has 0 aliphatic carbocycles. The number of anilines is 1. The van der Waals surface area contributed by atoms with Gasteiger partial charge in [-0.25, -0.2) is 0 Å². The highest BCUT2D eigenvalue weighted by molar-refractivity contribution is 5.39. The standard InChI is InChI=1S/C11H18F3N3/c1-4-8(2)9(3)16-10-5-15-17(6-10)7-11(12,13)14/h5-6,8-9,16H,4,7H2,1-3H3/t8-,9-/m1/s1. The van der Waals surface area contributed by atoms with Crippen molar-refractivity contribution in [3.8, 4) is 0 Å². The first kappa shape index (κ1) is 13.9. The van der Waals surface area contributed by atoms with Gasteiger partial charge in [-0.15, -0.1) is 0 Å². The molecule has 1 rings (SSSR count). The minimum Gasteiger partial charge on any atom is -0.380 e. The number of halogens is 3. The molecule has 1 aromatic rings. The summed E-state index contributed by atoms with van der Waals surface area (Å²) in [5, 5.41) is 6.82. The second kappa shape index (κ2) is 5.42. The molecule has 0 aliphatic heterocycles. The topological polar surface area (TPSA) is 29.9 Å². The van der Waals surface area contributed by atoms with Crippen LogP contribution in [-0.4, -0.2) is 22.0 Å². The molecule has 0 aliphatic rings. The number of hydrogen-bond acceptors (Lipinski definition) is 2. The zero-order valence-electron chi connectivity index (χ0n) is 10.3. The fourth-order valence-corrected chi connectivity index (χ4v) is 1.47. The minimum atomic E-state index is -4.23. The van der Waals surface area contributed by atoms with E-state index >= 15 is 0 Å². The van der Waals surface area contributed by atoms with E-state index in [4.69, 9.17) is 0 Å². The second-order valence-corrected chi connectivity index (χ2v) is 4.36. The van der Waals surface area contributed by atoms with Crippen molar-refractivity contribution in [1.29, 1.82) is 0 Å². The van der Waals surface area contributed by atoms with Gasteiger partial charge in [-0.1, -0.05) is 20.3 Å². The highest BCUT2D eigenvalue weighted by atomic mass is 19.4. The molecule has 0 saturated carbocycles. The number of aromatic nitrogens is 2. The summed E-state index contributed by atoms with van der Waals surface area (Å²) in [6, 6.07) is 0.212. The van der Waals surface area contributed by atoms with Gasteiger partial charge >= 0.3 is 6.18 Å². The van der Waals surface area contributed by atoms with E-state index in [2.05, 4.69) is 24.3 Å². The van der Waals surface area contributed by atoms with Gasteiger partial charge < -0.3 is 5.32 Å². The van der Waals surface area contributed by atoms with Crippen LogP contribution < -0.4 is 5.32 Å². The molecule has 0 saturated heterocycles. The zero-order valence-corrected chi connectivity index (χ0v) is 10.3. The molecule has 3 nitrogen and oxygen atoms in total. The van der Waals surface area contributed by atoms with Crippen LogP contribution in [-0.2, 0) is 6.54 Å². The van der Waals surface area contributed by atoms with E-state index in [0.717, 1.165) is 11.1 Å². The van der Waals surface area contributed by atoms with E-state index in [9.17, 15) is 13.2 Å². The Hall–Kier alpha value is -1.20. The fourth-order valence-electron chi connectivity index (χ4n) is 1.47. The van der Waals surface area contributed by atoms with Crippen LogP contribution in [0.25, 0.3) is 0 Å². The number of alkyl halides is 3. The average molecular weight is 249 g/mol. The van der Waals surface area contributed by atoms with Crippen LogP contribution in [0, 0.1) is 5.92 Å². The van der Waals surface area contributed by atoms with E-state index in [1.807, 2.05) is 6.92 Å². The number of hydrogen-bond donors (Lipinski definition) is 1. The lowest BCUT2D eigenvalue weighted by atomic mass is 10.0. The molecule has 17 heavy (non-hydrogen) atoms.